The molecule has 1 heterocycles. The van der Waals surface area contributed by atoms with Gasteiger partial charge in [-0.3, -0.25) is 4.79 Å². The van der Waals surface area contributed by atoms with E-state index in [0.29, 0.717) is 5.69 Å². The summed E-state index contributed by atoms with van der Waals surface area (Å²) in [5.41, 5.74) is 0.801. The van der Waals surface area contributed by atoms with E-state index in [1.54, 1.807) is 12.1 Å². The maximum Gasteiger partial charge on any atom is 0.416 e. The van der Waals surface area contributed by atoms with Gasteiger partial charge in [0.25, 0.3) is 5.91 Å². The van der Waals surface area contributed by atoms with Crippen LogP contribution >= 0.6 is 0 Å². The molecule has 0 aliphatic carbocycles. The molecule has 0 spiro atoms. The summed E-state index contributed by atoms with van der Waals surface area (Å²) in [5.74, 6) is -0.558. The molecule has 0 bridgehead atoms. The van der Waals surface area contributed by atoms with E-state index in [9.17, 15) is 18.0 Å². The van der Waals surface area contributed by atoms with Gasteiger partial charge in [-0.15, -0.1) is 0 Å². The number of hydrogen-bond donors (Lipinski definition) is 1. The lowest BCUT2D eigenvalue weighted by molar-refractivity contribution is -0.137. The number of hydrogen-bond acceptors (Lipinski definition) is 2. The topological polar surface area (TPSA) is 32.3 Å². The maximum atomic E-state index is 12.7. The average Bonchev–Trinajstić information content (AvgIpc) is 2.62. The molecular weight excluding hydrogens is 329 g/mol. The van der Waals surface area contributed by atoms with Gasteiger partial charge in [0.15, 0.2) is 0 Å². The molecule has 1 aliphatic heterocycles. The predicted octanol–water partition coefficient (Wildman–Crippen LogP) is 4.95. The van der Waals surface area contributed by atoms with Crippen LogP contribution < -0.4 is 10.2 Å². The van der Waals surface area contributed by atoms with E-state index in [2.05, 4.69) is 10.2 Å². The third-order valence-electron chi connectivity index (χ3n) is 4.30. The highest BCUT2D eigenvalue weighted by molar-refractivity contribution is 6.04. The van der Waals surface area contributed by atoms with Crippen LogP contribution in [0.4, 0.5) is 24.5 Å². The molecule has 0 saturated carbocycles. The van der Waals surface area contributed by atoms with Crippen LogP contribution in [-0.4, -0.2) is 19.0 Å². The van der Waals surface area contributed by atoms with Gasteiger partial charge >= 0.3 is 6.18 Å². The Bertz CT molecular complexity index is 735. The molecule has 2 aromatic rings. The van der Waals surface area contributed by atoms with Crippen molar-refractivity contribution >= 4 is 17.3 Å². The number of amides is 1. The quantitative estimate of drug-likeness (QED) is 0.851. The molecule has 2 aromatic carbocycles. The fraction of sp³-hybridized carbons (Fsp3) is 0.316. The molecular formula is C19H19F3N2O. The number of anilines is 2. The average molecular weight is 348 g/mol. The summed E-state index contributed by atoms with van der Waals surface area (Å²) >= 11 is 0. The van der Waals surface area contributed by atoms with Crippen molar-refractivity contribution in [2.75, 3.05) is 23.3 Å². The summed E-state index contributed by atoms with van der Waals surface area (Å²) in [6.07, 6.45) is -0.865. The number of benzene rings is 2. The Kier molecular flexibility index (Phi) is 4.97. The van der Waals surface area contributed by atoms with E-state index < -0.39 is 17.6 Å². The minimum Gasteiger partial charge on any atom is -0.372 e. The number of rotatable bonds is 3. The number of nitrogens with one attached hydrogen (secondary N) is 1. The zero-order valence-corrected chi connectivity index (χ0v) is 13.6. The van der Waals surface area contributed by atoms with Crippen molar-refractivity contribution in [2.45, 2.75) is 25.4 Å². The van der Waals surface area contributed by atoms with Crippen molar-refractivity contribution in [3.63, 3.8) is 0 Å². The number of carbonyl (C=O) groups is 1. The number of alkyl halides is 3. The Morgan fingerprint density at radius 1 is 0.960 bits per heavy atom. The van der Waals surface area contributed by atoms with Gasteiger partial charge in [0.05, 0.1) is 5.56 Å². The highest BCUT2D eigenvalue weighted by Crippen LogP contribution is 2.29. The smallest absolute Gasteiger partial charge is 0.372 e. The van der Waals surface area contributed by atoms with Gasteiger partial charge < -0.3 is 10.2 Å². The summed E-state index contributed by atoms with van der Waals surface area (Å²) in [6.45, 7) is 2.05. The van der Waals surface area contributed by atoms with Crippen molar-refractivity contribution in [1.82, 2.24) is 0 Å². The Labute approximate surface area is 144 Å². The lowest BCUT2D eigenvalue weighted by Crippen LogP contribution is -2.29. The van der Waals surface area contributed by atoms with Crippen molar-refractivity contribution < 1.29 is 18.0 Å². The summed E-state index contributed by atoms with van der Waals surface area (Å²) < 4.78 is 38.2. The number of piperidine rings is 1. The molecule has 0 atom stereocenters. The van der Waals surface area contributed by atoms with Gasteiger partial charge in [0.1, 0.15) is 0 Å². The van der Waals surface area contributed by atoms with Crippen LogP contribution in [0, 0.1) is 0 Å². The van der Waals surface area contributed by atoms with Gasteiger partial charge in [0, 0.05) is 30.0 Å². The first-order chi connectivity index (χ1) is 11.9. The highest BCUT2D eigenvalue weighted by atomic mass is 19.4. The molecule has 1 amide bonds. The second-order valence-corrected chi connectivity index (χ2v) is 6.13. The predicted molar refractivity (Wildman–Crippen MR) is 91.9 cm³/mol. The highest BCUT2D eigenvalue weighted by Gasteiger charge is 2.30. The molecule has 0 aromatic heterocycles. The van der Waals surface area contributed by atoms with Crippen LogP contribution in [0.3, 0.4) is 0 Å². The van der Waals surface area contributed by atoms with E-state index in [0.717, 1.165) is 30.9 Å². The second kappa shape index (κ2) is 7.17. The summed E-state index contributed by atoms with van der Waals surface area (Å²) in [6, 6.07) is 11.8. The molecule has 1 aliphatic rings. The molecule has 6 heteroatoms. The first-order valence-corrected chi connectivity index (χ1v) is 8.27. The van der Waals surface area contributed by atoms with Crippen LogP contribution in [0.25, 0.3) is 0 Å². The van der Waals surface area contributed by atoms with Crippen LogP contribution in [0.5, 0.6) is 0 Å². The van der Waals surface area contributed by atoms with Gasteiger partial charge in [-0.05, 0) is 61.7 Å². The van der Waals surface area contributed by atoms with Crippen LogP contribution in [0.1, 0.15) is 35.2 Å². The molecule has 3 rings (SSSR count). The van der Waals surface area contributed by atoms with Gasteiger partial charge in [-0.1, -0.05) is 6.07 Å². The minimum atomic E-state index is -4.47. The van der Waals surface area contributed by atoms with E-state index >= 15 is 0 Å². The summed E-state index contributed by atoms with van der Waals surface area (Å²) in [7, 11) is 0. The normalized spacial score (nSPS) is 15.1. The van der Waals surface area contributed by atoms with Crippen molar-refractivity contribution in [1.29, 1.82) is 0 Å². The first kappa shape index (κ1) is 17.3. The second-order valence-electron chi connectivity index (χ2n) is 6.13. The van der Waals surface area contributed by atoms with Crippen LogP contribution in [-0.2, 0) is 6.18 Å². The molecule has 0 radical (unpaired) electrons. The maximum absolute atomic E-state index is 12.7. The van der Waals surface area contributed by atoms with Gasteiger partial charge in [-0.25, -0.2) is 0 Å². The Morgan fingerprint density at radius 2 is 1.64 bits per heavy atom. The van der Waals surface area contributed by atoms with Gasteiger partial charge in [-0.2, -0.15) is 13.2 Å². The molecule has 3 nitrogen and oxygen atoms in total. The lowest BCUT2D eigenvalue weighted by Gasteiger charge is -2.28. The van der Waals surface area contributed by atoms with Crippen molar-refractivity contribution in [3.05, 3.63) is 59.7 Å². The third kappa shape index (κ3) is 4.32. The zero-order valence-electron chi connectivity index (χ0n) is 13.6. The lowest BCUT2D eigenvalue weighted by atomic mass is 10.1. The van der Waals surface area contributed by atoms with Gasteiger partial charge in [0.2, 0.25) is 0 Å². The summed E-state index contributed by atoms with van der Waals surface area (Å²) in [5, 5.41) is 2.64. The van der Waals surface area contributed by atoms with E-state index in [1.165, 1.54) is 31.4 Å². The standard InChI is InChI=1S/C19H19F3N2O/c20-19(21,22)15-6-4-5-14(13-15)18(25)23-16-7-9-17(10-8-16)24-11-2-1-3-12-24/h4-10,13H,1-3,11-12H2,(H,23,25). The SMILES string of the molecule is O=C(Nc1ccc(N2CCCCC2)cc1)c1cccc(C(F)(F)F)c1. The molecule has 1 fully saturated rings. The Hall–Kier alpha value is -2.50. The number of carbonyl (C=O) groups excluding carboxylic acids is 1. The molecule has 25 heavy (non-hydrogen) atoms. The summed E-state index contributed by atoms with van der Waals surface area (Å²) in [4.78, 5) is 14.5. The molecule has 1 N–H and O–H groups in total. The fourth-order valence-corrected chi connectivity index (χ4v) is 2.95. The molecule has 1 saturated heterocycles. The van der Waals surface area contributed by atoms with E-state index in [1.807, 2.05) is 12.1 Å². The number of halogens is 3. The monoisotopic (exact) mass is 348 g/mol. The third-order valence-corrected chi connectivity index (χ3v) is 4.30. The van der Waals surface area contributed by atoms with Crippen LogP contribution in [0.15, 0.2) is 48.5 Å². The minimum absolute atomic E-state index is 0.0186. The van der Waals surface area contributed by atoms with Crippen LogP contribution in [0.2, 0.25) is 0 Å². The Morgan fingerprint density at radius 3 is 2.28 bits per heavy atom. The van der Waals surface area contributed by atoms with E-state index in [-0.39, 0.29) is 5.56 Å². The fourth-order valence-electron chi connectivity index (χ4n) is 2.95. The molecule has 132 valence electrons. The zero-order chi connectivity index (χ0) is 17.9. The Balaban J connectivity index is 1.68. The van der Waals surface area contributed by atoms with E-state index in [4.69, 9.17) is 0 Å². The molecule has 0 unspecified atom stereocenters. The van der Waals surface area contributed by atoms with Crippen molar-refractivity contribution in [2.24, 2.45) is 0 Å². The van der Waals surface area contributed by atoms with Crippen molar-refractivity contribution in [3.8, 4) is 0 Å². The first-order valence-electron chi connectivity index (χ1n) is 8.27. The number of nitrogens with zero attached hydrogens (tertiary/aromatic N) is 1. The largest absolute Gasteiger partial charge is 0.416 e.